The van der Waals surface area contributed by atoms with Crippen LogP contribution in [0.1, 0.15) is 16.7 Å². The SMILES string of the molecule is Cc1cc(C)c([B-](C=[NH2+])c2cccc3ccccc23)c(C)c1. The Morgan fingerprint density at radius 2 is 1.50 bits per heavy atom. The molecule has 1 radical (unpaired) electrons. The molecule has 0 fully saturated rings. The molecule has 0 spiro atoms. The number of aryl methyl sites for hydroxylation is 3. The first-order chi connectivity index (χ1) is 10.6. The number of fused-ring (bicyclic) bond motifs is 1. The zero-order chi connectivity index (χ0) is 15.7. The quantitative estimate of drug-likeness (QED) is 0.561. The topological polar surface area (TPSA) is 25.6 Å². The molecule has 0 saturated heterocycles. The van der Waals surface area contributed by atoms with Crippen LogP contribution in [0.4, 0.5) is 0 Å². The molecule has 0 aromatic heterocycles. The molecule has 22 heavy (non-hydrogen) atoms. The highest BCUT2D eigenvalue weighted by atomic mass is 14.3. The van der Waals surface area contributed by atoms with Gasteiger partial charge in [0.1, 0.15) is 0 Å². The molecular weight excluding hydrogens is 265 g/mol. The third-order valence-electron chi connectivity index (χ3n) is 4.40. The summed E-state index contributed by atoms with van der Waals surface area (Å²) in [6.45, 7) is 6.61. The van der Waals surface area contributed by atoms with Crippen molar-refractivity contribution in [2.45, 2.75) is 20.8 Å². The molecule has 0 bridgehead atoms. The summed E-state index contributed by atoms with van der Waals surface area (Å²) in [5.74, 6) is 0. The second-order valence-corrected chi connectivity index (χ2v) is 6.05. The van der Waals surface area contributed by atoms with Crippen LogP contribution in [-0.4, -0.2) is 12.8 Å². The van der Waals surface area contributed by atoms with Gasteiger partial charge in [-0.25, -0.2) is 10.9 Å². The molecule has 0 aliphatic heterocycles. The normalized spacial score (nSPS) is 11.1. The molecule has 3 rings (SSSR count). The molecule has 0 aliphatic rings. The molecule has 0 atom stereocenters. The maximum atomic E-state index is 6.08. The minimum atomic E-state index is 0.117. The van der Waals surface area contributed by atoms with E-state index in [1.54, 1.807) is 0 Å². The van der Waals surface area contributed by atoms with Crippen LogP contribution in [-0.2, 0) is 0 Å². The fourth-order valence-corrected chi connectivity index (χ4v) is 3.56. The van der Waals surface area contributed by atoms with Gasteiger partial charge in [0.25, 0.3) is 0 Å². The second-order valence-electron chi connectivity index (χ2n) is 6.05. The zero-order valence-electron chi connectivity index (χ0n) is 13.4. The van der Waals surface area contributed by atoms with E-state index in [4.69, 9.17) is 5.41 Å². The van der Waals surface area contributed by atoms with Gasteiger partial charge < -0.3 is 5.41 Å². The Morgan fingerprint density at radius 3 is 2.18 bits per heavy atom. The van der Waals surface area contributed by atoms with Crippen LogP contribution in [0.5, 0.6) is 0 Å². The lowest BCUT2D eigenvalue weighted by Crippen LogP contribution is -2.54. The fraction of sp³-hybridized carbons (Fsp3) is 0.150. The molecule has 1 nitrogen and oxygen atoms in total. The predicted octanol–water partition coefficient (Wildman–Crippen LogP) is 1.74. The molecular formula is C20H21BN. The van der Waals surface area contributed by atoms with Crippen molar-refractivity contribution in [1.82, 2.24) is 0 Å². The van der Waals surface area contributed by atoms with Crippen molar-refractivity contribution in [3.05, 3.63) is 71.3 Å². The van der Waals surface area contributed by atoms with E-state index >= 15 is 0 Å². The average molecular weight is 286 g/mol. The van der Waals surface area contributed by atoms with Crippen LogP contribution in [0.2, 0.25) is 0 Å². The van der Waals surface area contributed by atoms with Gasteiger partial charge in [-0.15, -0.1) is 0 Å². The minimum absolute atomic E-state index is 0.117. The highest BCUT2D eigenvalue weighted by molar-refractivity contribution is 7.05. The van der Waals surface area contributed by atoms with Gasteiger partial charge >= 0.3 is 0 Å². The number of nitrogens with two attached hydrogens (primary N) is 1. The van der Waals surface area contributed by atoms with Crippen molar-refractivity contribution in [3.8, 4) is 0 Å². The summed E-state index contributed by atoms with van der Waals surface area (Å²) in [5.41, 5.74) is 6.50. The van der Waals surface area contributed by atoms with Crippen molar-refractivity contribution < 1.29 is 5.41 Å². The lowest BCUT2D eigenvalue weighted by atomic mass is 9.39. The summed E-state index contributed by atoms with van der Waals surface area (Å²) >= 11 is 0. The molecule has 0 unspecified atom stereocenters. The number of benzene rings is 3. The molecule has 0 amide bonds. The van der Waals surface area contributed by atoms with Crippen molar-refractivity contribution in [2.24, 2.45) is 0 Å². The minimum Gasteiger partial charge on any atom is -0.303 e. The first kappa shape index (κ1) is 14.6. The number of hydrogen-bond donors (Lipinski definition) is 1. The Kier molecular flexibility index (Phi) is 3.85. The van der Waals surface area contributed by atoms with Crippen molar-refractivity contribution >= 4 is 34.5 Å². The smallest absolute Gasteiger partial charge is 0.0370 e. The third kappa shape index (κ3) is 2.46. The highest BCUT2D eigenvalue weighted by Gasteiger charge is 2.11. The van der Waals surface area contributed by atoms with E-state index < -0.39 is 0 Å². The summed E-state index contributed by atoms with van der Waals surface area (Å²) in [4.78, 5) is 0. The average Bonchev–Trinajstić information content (AvgIpc) is 2.50. The predicted molar refractivity (Wildman–Crippen MR) is 97.6 cm³/mol. The molecule has 3 aromatic carbocycles. The first-order valence-electron chi connectivity index (χ1n) is 7.72. The fourth-order valence-electron chi connectivity index (χ4n) is 3.56. The lowest BCUT2D eigenvalue weighted by Gasteiger charge is -2.28. The van der Waals surface area contributed by atoms with Gasteiger partial charge in [-0.1, -0.05) is 82.8 Å². The Labute approximate surface area is 132 Å². The Balaban J connectivity index is 2.26. The summed E-state index contributed by atoms with van der Waals surface area (Å²) < 4.78 is 0. The highest BCUT2D eigenvalue weighted by Crippen LogP contribution is 2.13. The summed E-state index contributed by atoms with van der Waals surface area (Å²) in [6, 6.07) is 19.4. The Bertz CT molecular complexity index is 823. The van der Waals surface area contributed by atoms with Crippen LogP contribution in [0.25, 0.3) is 10.8 Å². The van der Waals surface area contributed by atoms with Crippen molar-refractivity contribution in [1.29, 1.82) is 0 Å². The van der Waals surface area contributed by atoms with Crippen molar-refractivity contribution in [3.63, 3.8) is 0 Å². The van der Waals surface area contributed by atoms with E-state index in [9.17, 15) is 0 Å². The molecule has 0 heterocycles. The van der Waals surface area contributed by atoms with Gasteiger partial charge in [-0.2, -0.15) is 0 Å². The maximum absolute atomic E-state index is 6.08. The third-order valence-corrected chi connectivity index (χ3v) is 4.40. The summed E-state index contributed by atoms with van der Waals surface area (Å²) in [6.07, 6.45) is 1.83. The van der Waals surface area contributed by atoms with Gasteiger partial charge in [-0.3, -0.25) is 0 Å². The van der Waals surface area contributed by atoms with Crippen LogP contribution in [0.15, 0.2) is 54.6 Å². The lowest BCUT2D eigenvalue weighted by molar-refractivity contribution is -0.102. The van der Waals surface area contributed by atoms with Gasteiger partial charge in [0.2, 0.25) is 0 Å². The van der Waals surface area contributed by atoms with Gasteiger partial charge in [0.15, 0.2) is 0 Å². The first-order valence-corrected chi connectivity index (χ1v) is 7.72. The molecule has 109 valence electrons. The van der Waals surface area contributed by atoms with E-state index in [1.807, 2.05) is 6.11 Å². The summed E-state index contributed by atoms with van der Waals surface area (Å²) in [7, 11) is 0. The van der Waals surface area contributed by atoms with E-state index in [0.29, 0.717) is 0 Å². The van der Waals surface area contributed by atoms with Crippen LogP contribution in [0.3, 0.4) is 0 Å². The standard InChI is InChI=1S/C20H20BN/c1-14-11-15(2)20(16(3)12-14)21(13-22)19-10-6-8-17-7-4-5-9-18(17)19/h4-13,22H,1-3H3/q-1/p+1. The van der Waals surface area contributed by atoms with Gasteiger partial charge in [-0.05, 0) is 26.2 Å². The molecule has 0 saturated carbocycles. The van der Waals surface area contributed by atoms with Crippen molar-refractivity contribution in [2.75, 3.05) is 0 Å². The summed E-state index contributed by atoms with van der Waals surface area (Å²) in [5, 5.41) is 8.61. The van der Waals surface area contributed by atoms with E-state index in [0.717, 1.165) is 0 Å². The molecule has 2 heteroatoms. The van der Waals surface area contributed by atoms with E-state index in [2.05, 4.69) is 75.4 Å². The largest absolute Gasteiger partial charge is 0.303 e. The van der Waals surface area contributed by atoms with Gasteiger partial charge in [0, 0.05) is 6.71 Å². The molecule has 3 aromatic rings. The molecule has 2 N–H and O–H groups in total. The van der Waals surface area contributed by atoms with Crippen LogP contribution in [0, 0.1) is 20.8 Å². The zero-order valence-corrected chi connectivity index (χ0v) is 13.4. The number of hydrogen-bond acceptors (Lipinski definition) is 0. The Morgan fingerprint density at radius 1 is 0.864 bits per heavy atom. The van der Waals surface area contributed by atoms with Crippen LogP contribution >= 0.6 is 0 Å². The number of rotatable bonds is 3. The maximum Gasteiger partial charge on any atom is 0.0370 e. The molecule has 0 aliphatic carbocycles. The van der Waals surface area contributed by atoms with E-state index in [-0.39, 0.29) is 6.71 Å². The van der Waals surface area contributed by atoms with E-state index in [1.165, 1.54) is 38.4 Å². The van der Waals surface area contributed by atoms with Crippen LogP contribution < -0.4 is 16.3 Å². The monoisotopic (exact) mass is 286 g/mol. The Hall–Kier alpha value is -2.35. The second kappa shape index (κ2) is 5.80. The van der Waals surface area contributed by atoms with Gasteiger partial charge in [0.05, 0.1) is 0 Å².